The van der Waals surface area contributed by atoms with Crippen LogP contribution in [0.2, 0.25) is 0 Å². The third-order valence-corrected chi connectivity index (χ3v) is 0.556. The number of rotatable bonds is 0. The summed E-state index contributed by atoms with van der Waals surface area (Å²) < 4.78 is 0. The van der Waals surface area contributed by atoms with Crippen LogP contribution in [0.4, 0.5) is 0 Å². The molecule has 1 aromatic carbocycles. The second-order valence-electron chi connectivity index (χ2n) is 0.962. The van der Waals surface area contributed by atoms with Crippen molar-refractivity contribution in [1.29, 1.82) is 0 Å². The first-order valence-corrected chi connectivity index (χ1v) is 1.67. The Morgan fingerprint density at radius 3 is 1.57 bits per heavy atom. The summed E-state index contributed by atoms with van der Waals surface area (Å²) in [6.07, 6.45) is 0. The summed E-state index contributed by atoms with van der Waals surface area (Å²) in [7, 11) is 0. The van der Waals surface area contributed by atoms with E-state index >= 15 is 0 Å². The van der Waals surface area contributed by atoms with Crippen molar-refractivity contribution in [2.75, 3.05) is 0 Å². The fraction of sp³-hybridized carbons (Fsp3) is 0. The summed E-state index contributed by atoms with van der Waals surface area (Å²) >= 11 is 0. The van der Waals surface area contributed by atoms with E-state index in [4.69, 9.17) is 0 Å². The van der Waals surface area contributed by atoms with Gasteiger partial charge in [0.1, 0.15) is 0 Å². The maximum Gasteiger partial charge on any atom is -0.172 e. The maximum atomic E-state index is 2.00. The minimum absolute atomic E-state index is 0. The van der Waals surface area contributed by atoms with Gasteiger partial charge in [-0.15, -0.1) is 0 Å². The van der Waals surface area contributed by atoms with Gasteiger partial charge in [0.05, 0.1) is 0 Å². The Morgan fingerprint density at radius 2 is 1.43 bits per heavy atom. The molecule has 0 nitrogen and oxygen atoms in total. The molecule has 0 radical (unpaired) electrons. The Hall–Kier alpha value is -0.0136. The molecule has 0 atom stereocenters. The monoisotopic (exact) mass is 274 g/mol. The zero-order valence-corrected chi connectivity index (χ0v) is 7.23. The summed E-state index contributed by atoms with van der Waals surface area (Å²) in [5.41, 5.74) is 0. The number of hydrogen-bond donors (Lipinski definition) is 0. The largest absolute Gasteiger partial charge is 0.214 e. The maximum absolute atomic E-state index is 2.00. The predicted molar refractivity (Wildman–Crippen MR) is 31.2 cm³/mol. The quantitative estimate of drug-likeness (QED) is 0.625. The Balaban J connectivity index is 0. The van der Waals surface area contributed by atoms with Gasteiger partial charge in [0.25, 0.3) is 0 Å². The third-order valence-electron chi connectivity index (χ3n) is 0.556. The van der Waals surface area contributed by atoms with E-state index in [-0.39, 0.29) is 27.2 Å². The van der Waals surface area contributed by atoms with E-state index in [2.05, 4.69) is 0 Å². The van der Waals surface area contributed by atoms with Crippen LogP contribution in [0.5, 0.6) is 0 Å². The molecule has 0 aromatic heterocycles. The van der Waals surface area contributed by atoms with Crippen LogP contribution in [-0.2, 0) is 19.8 Å². The van der Waals surface area contributed by atoms with Gasteiger partial charge < -0.3 is 7.43 Å². The molecule has 0 aliphatic heterocycles. The second-order valence-corrected chi connectivity index (χ2v) is 0.962. The summed E-state index contributed by atoms with van der Waals surface area (Å²) in [5.74, 6) is 0. The van der Waals surface area contributed by atoms with Crippen molar-refractivity contribution < 1.29 is 19.8 Å². The molecular formula is C6H10Os-2. The summed E-state index contributed by atoms with van der Waals surface area (Å²) in [4.78, 5) is 0. The van der Waals surface area contributed by atoms with Crippen LogP contribution in [-0.4, -0.2) is 0 Å². The second kappa shape index (κ2) is 5.99. The zero-order chi connectivity index (χ0) is 3.54. The van der Waals surface area contributed by atoms with Gasteiger partial charge in [-0.25, -0.2) is 12.1 Å². The standard InChI is InChI=1S/C5H5.CH3.Os.2H/c1-2-4-5-3-1;;;;/h1-5H;1H3;;;/q2*-1;;;. The fourth-order valence-corrected chi connectivity index (χ4v) is 0.321. The van der Waals surface area contributed by atoms with Crippen molar-refractivity contribution >= 4 is 0 Å². The van der Waals surface area contributed by atoms with Gasteiger partial charge >= 0.3 is 19.8 Å². The molecule has 1 heteroatoms. The Labute approximate surface area is 58.0 Å². The molecule has 0 heterocycles. The molecule has 0 bridgehead atoms. The molecule has 0 saturated carbocycles. The molecule has 0 aliphatic rings. The van der Waals surface area contributed by atoms with Crippen LogP contribution in [0, 0.1) is 7.43 Å². The smallest absolute Gasteiger partial charge is 0.172 e. The summed E-state index contributed by atoms with van der Waals surface area (Å²) in [6.45, 7) is 0. The predicted octanol–water partition coefficient (Wildman–Crippen LogP) is 1.32. The number of hydrogen-bond acceptors (Lipinski definition) is 0. The van der Waals surface area contributed by atoms with Crippen molar-refractivity contribution in [2.45, 2.75) is 0 Å². The van der Waals surface area contributed by atoms with Gasteiger partial charge in [-0.05, 0) is 0 Å². The van der Waals surface area contributed by atoms with Crippen LogP contribution in [0.3, 0.4) is 0 Å². The van der Waals surface area contributed by atoms with E-state index in [0.29, 0.717) is 0 Å². The van der Waals surface area contributed by atoms with Gasteiger partial charge in [0.15, 0.2) is 0 Å². The molecule has 0 amide bonds. The van der Waals surface area contributed by atoms with E-state index < -0.39 is 0 Å². The molecule has 1 rings (SSSR count). The first-order valence-electron chi connectivity index (χ1n) is 1.67. The normalized spacial score (nSPS) is 5.71. The Morgan fingerprint density at radius 1 is 1.00 bits per heavy atom. The zero-order valence-electron chi connectivity index (χ0n) is 4.29. The first-order chi connectivity index (χ1) is 2.50. The Kier molecular flexibility index (Phi) is 8.61. The topological polar surface area (TPSA) is 0 Å². The van der Waals surface area contributed by atoms with Gasteiger partial charge in [0, 0.05) is 0 Å². The van der Waals surface area contributed by atoms with Crippen molar-refractivity contribution in [3.05, 3.63) is 37.8 Å². The molecule has 0 saturated heterocycles. The molecule has 0 N–H and O–H groups in total. The summed E-state index contributed by atoms with van der Waals surface area (Å²) in [6, 6.07) is 10.0. The molecule has 1 aromatic rings. The minimum atomic E-state index is 0. The van der Waals surface area contributed by atoms with E-state index in [0.717, 1.165) is 0 Å². The van der Waals surface area contributed by atoms with Crippen LogP contribution in [0.1, 0.15) is 0 Å². The van der Waals surface area contributed by atoms with E-state index in [1.165, 1.54) is 0 Å². The van der Waals surface area contributed by atoms with E-state index in [1.54, 1.807) is 0 Å². The van der Waals surface area contributed by atoms with Gasteiger partial charge in [-0.2, -0.15) is 18.2 Å². The first kappa shape index (κ1) is 10.1. The van der Waals surface area contributed by atoms with Gasteiger partial charge in [-0.1, -0.05) is 0 Å². The molecule has 0 spiro atoms. The van der Waals surface area contributed by atoms with E-state index in [9.17, 15) is 0 Å². The van der Waals surface area contributed by atoms with E-state index in [1.807, 2.05) is 30.3 Å². The molecular weight excluding hydrogens is 262 g/mol. The van der Waals surface area contributed by atoms with Crippen molar-refractivity contribution in [3.8, 4) is 0 Å². The average molecular weight is 272 g/mol. The molecule has 7 heavy (non-hydrogen) atoms. The molecule has 44 valence electrons. The van der Waals surface area contributed by atoms with Crippen LogP contribution >= 0.6 is 0 Å². The van der Waals surface area contributed by atoms with Gasteiger partial charge in [0.2, 0.25) is 0 Å². The third kappa shape index (κ3) is 3.83. The minimum Gasteiger partial charge on any atom is -0.214 e. The Bertz CT molecular complexity index is 60.7. The van der Waals surface area contributed by atoms with Crippen LogP contribution < -0.4 is 0 Å². The van der Waals surface area contributed by atoms with Crippen LogP contribution in [0.15, 0.2) is 30.3 Å². The molecule has 0 unspecified atom stereocenters. The molecule has 0 aliphatic carbocycles. The van der Waals surface area contributed by atoms with Crippen molar-refractivity contribution in [3.63, 3.8) is 0 Å². The summed E-state index contributed by atoms with van der Waals surface area (Å²) in [5, 5.41) is 0. The SMILES string of the molecule is [CH3-].[OsH2].c1cc[cH-]c1. The van der Waals surface area contributed by atoms with Crippen molar-refractivity contribution in [1.82, 2.24) is 0 Å². The average Bonchev–Trinajstić information content (AvgIpc) is 1.76. The molecule has 0 fully saturated rings. The fourth-order valence-electron chi connectivity index (χ4n) is 0.321. The van der Waals surface area contributed by atoms with Crippen LogP contribution in [0.25, 0.3) is 0 Å². The van der Waals surface area contributed by atoms with Crippen molar-refractivity contribution in [2.24, 2.45) is 0 Å². The van der Waals surface area contributed by atoms with Gasteiger partial charge in [-0.3, -0.25) is 0 Å².